The third-order valence-corrected chi connectivity index (χ3v) is 14.5. The Morgan fingerprint density at radius 3 is 1.84 bits per heavy atom. The van der Waals surface area contributed by atoms with Crippen molar-refractivity contribution in [3.8, 4) is 56.8 Å². The van der Waals surface area contributed by atoms with Gasteiger partial charge in [0, 0.05) is 64.9 Å². The largest absolute Gasteiger partial charge is 0.497 e. The number of methoxy groups -OCH3 is 2. The van der Waals surface area contributed by atoms with E-state index in [1.165, 1.54) is 17.2 Å². The molecule has 0 saturated heterocycles. The molecule has 1 fully saturated rings. The summed E-state index contributed by atoms with van der Waals surface area (Å²) in [5.74, 6) is 2.96. The van der Waals surface area contributed by atoms with Crippen molar-refractivity contribution in [3.05, 3.63) is 217 Å². The van der Waals surface area contributed by atoms with Crippen LogP contribution in [-0.4, -0.2) is 106 Å². The van der Waals surface area contributed by atoms with E-state index in [0.29, 0.717) is 80.6 Å². The number of aromatic nitrogens is 16. The third-order valence-electron chi connectivity index (χ3n) is 14.5. The molecule has 3 N–H and O–H groups in total. The fraction of sp³-hybridized carbons (Fsp3) is 0.152. The molecule has 2 amide bonds. The SMILES string of the molecule is COc1ccc2c(OCc3nnc4ccc(-c5cc(C)cc(C)c5)nn34)ccnc2c1.COc1cnc2c(NCc3nnc4ccc(-c5ccc(F)c(F)c5)nn34)ccnc2c1.O=C(Nc1cc(OCc2nnc3ccc(-c4ccccc4)nn23)ccn1)NC1CC1. The summed E-state index contributed by atoms with van der Waals surface area (Å²) in [6.45, 7) is 4.88. The molecule has 1 aliphatic rings. The fourth-order valence-corrected chi connectivity index (χ4v) is 9.86. The number of halogens is 2. The molecule has 0 bridgehead atoms. The number of benzene rings is 4. The predicted octanol–water partition coefficient (Wildman–Crippen LogP) is 11.2. The van der Waals surface area contributed by atoms with Gasteiger partial charge in [0.25, 0.3) is 0 Å². The highest BCUT2D eigenvalue weighted by Crippen LogP contribution is 2.30. The maximum absolute atomic E-state index is 13.6. The Bertz CT molecular complexity index is 4990. The second kappa shape index (κ2) is 26.2. The second-order valence-corrected chi connectivity index (χ2v) is 21.2. The topological polar surface area (TPSA) is 271 Å². The molecule has 1 aliphatic carbocycles. The lowest BCUT2D eigenvalue weighted by atomic mass is 10.1. The normalized spacial score (nSPS) is 11.8. The van der Waals surface area contributed by atoms with Crippen LogP contribution < -0.4 is 34.9 Å². The van der Waals surface area contributed by atoms with Gasteiger partial charge in [-0.05, 0) is 124 Å². The maximum Gasteiger partial charge on any atom is 0.320 e. The van der Waals surface area contributed by atoms with E-state index in [4.69, 9.17) is 24.0 Å². The molecule has 26 heteroatoms. The summed E-state index contributed by atoms with van der Waals surface area (Å²) >= 11 is 0. The first-order valence-electron chi connectivity index (χ1n) is 29.0. The number of fused-ring (bicyclic) bond motifs is 5. The molecular formula is C66H55F2N19O5. The highest BCUT2D eigenvalue weighted by Gasteiger charge is 2.24. The van der Waals surface area contributed by atoms with Gasteiger partial charge in [0.15, 0.2) is 46.0 Å². The molecule has 10 heterocycles. The number of amides is 2. The molecule has 1 saturated carbocycles. The lowest BCUT2D eigenvalue weighted by Gasteiger charge is -2.09. The van der Waals surface area contributed by atoms with Gasteiger partial charge in [-0.25, -0.2) is 23.5 Å². The zero-order chi connectivity index (χ0) is 63.1. The van der Waals surface area contributed by atoms with E-state index < -0.39 is 11.6 Å². The van der Waals surface area contributed by atoms with Gasteiger partial charge in [-0.1, -0.05) is 47.5 Å². The molecule has 15 rings (SSSR count). The number of ether oxygens (including phenoxy) is 4. The van der Waals surface area contributed by atoms with Gasteiger partial charge in [-0.2, -0.15) is 28.8 Å². The standard InChI is InChI=1S/C24H21N5O2.C21H15F2N7O.C21H19N7O2/c1-15-10-16(2)12-17(11-15)20-6-7-23-26-27-24(29(23)28-20)14-31-22-8-9-25-21-13-18(30-3)4-5-19(21)22;1-31-13-9-18-21(26-10-13)17(6-7-24-18)25-11-20-28-27-19-5-4-16(29-30(19)20)12-2-3-14(22)15(23)8-12;29-21(23-15-6-7-15)24-18-12-16(10-11-22-18)30-13-20-26-25-19-9-8-17(27-28(19)20)14-4-2-1-3-5-14/h4-13H,14H2,1-3H3;2-10H,11H2,1H3,(H,24,25);1-5,8-12,15H,6-7,13H2,(H2,22,23,24,29). The number of rotatable bonds is 16. The number of aryl methyl sites for hydroxylation is 2. The van der Waals surface area contributed by atoms with Crippen LogP contribution in [0.2, 0.25) is 0 Å². The quantitative estimate of drug-likeness (QED) is 0.0811. The number of hydrogen-bond acceptors (Lipinski definition) is 19. The molecule has 0 unspecified atom stereocenters. The molecule has 0 radical (unpaired) electrons. The summed E-state index contributed by atoms with van der Waals surface area (Å²) in [6, 6.07) is 45.6. The molecule has 4 aromatic carbocycles. The van der Waals surface area contributed by atoms with E-state index in [1.54, 1.807) is 82.9 Å². The number of pyridine rings is 4. The van der Waals surface area contributed by atoms with Crippen LogP contribution >= 0.6 is 0 Å². The molecule has 92 heavy (non-hydrogen) atoms. The van der Waals surface area contributed by atoms with Crippen molar-refractivity contribution in [1.82, 2.24) is 84.7 Å². The van der Waals surface area contributed by atoms with Gasteiger partial charge in [0.05, 0.1) is 60.8 Å². The predicted molar refractivity (Wildman–Crippen MR) is 338 cm³/mol. The number of hydrogen-bond donors (Lipinski definition) is 3. The Kier molecular flexibility index (Phi) is 16.8. The van der Waals surface area contributed by atoms with Gasteiger partial charge >= 0.3 is 6.03 Å². The lowest BCUT2D eigenvalue weighted by Crippen LogP contribution is -2.30. The van der Waals surface area contributed by atoms with Crippen LogP contribution in [0, 0.1) is 25.5 Å². The van der Waals surface area contributed by atoms with Crippen molar-refractivity contribution < 1.29 is 32.5 Å². The molecule has 24 nitrogen and oxygen atoms in total. The number of urea groups is 1. The number of carbonyl (C=O) groups is 1. The molecule has 14 aromatic rings. The molecule has 0 aliphatic heterocycles. The van der Waals surface area contributed by atoms with Gasteiger partial charge in [-0.15, -0.1) is 30.6 Å². The van der Waals surface area contributed by atoms with E-state index >= 15 is 0 Å². The van der Waals surface area contributed by atoms with E-state index in [0.717, 1.165) is 75.6 Å². The fourth-order valence-electron chi connectivity index (χ4n) is 9.86. The molecule has 0 spiro atoms. The lowest BCUT2D eigenvalue weighted by molar-refractivity contribution is 0.251. The van der Waals surface area contributed by atoms with Crippen LogP contribution in [0.15, 0.2) is 176 Å². The van der Waals surface area contributed by atoms with Crippen LogP contribution in [0.4, 0.5) is 25.1 Å². The average molecular weight is 1230 g/mol. The van der Waals surface area contributed by atoms with Gasteiger partial charge in [0.2, 0.25) is 0 Å². The van der Waals surface area contributed by atoms with Gasteiger partial charge < -0.3 is 29.6 Å². The summed E-state index contributed by atoms with van der Waals surface area (Å²) in [5, 5.41) is 48.8. The molecule has 458 valence electrons. The summed E-state index contributed by atoms with van der Waals surface area (Å²) in [6.07, 6.45) is 8.64. The molecular weight excluding hydrogens is 1180 g/mol. The van der Waals surface area contributed by atoms with Crippen LogP contribution in [-0.2, 0) is 19.8 Å². The first-order valence-corrected chi connectivity index (χ1v) is 29.0. The number of nitrogens with one attached hydrogen (secondary N) is 3. The van der Waals surface area contributed by atoms with Crippen molar-refractivity contribution >= 4 is 56.4 Å². The minimum Gasteiger partial charge on any atom is -0.497 e. The Morgan fingerprint density at radius 1 is 0.533 bits per heavy atom. The Balaban J connectivity index is 0.000000126. The summed E-state index contributed by atoms with van der Waals surface area (Å²) in [5.41, 5.74) is 11.9. The second-order valence-electron chi connectivity index (χ2n) is 21.2. The van der Waals surface area contributed by atoms with Crippen molar-refractivity contribution in [2.75, 3.05) is 24.9 Å². The van der Waals surface area contributed by atoms with Crippen molar-refractivity contribution in [3.63, 3.8) is 0 Å². The Labute approximate surface area is 522 Å². The third kappa shape index (κ3) is 13.4. The van der Waals surface area contributed by atoms with Gasteiger partial charge in [-0.3, -0.25) is 15.3 Å². The smallest absolute Gasteiger partial charge is 0.320 e. The summed E-state index contributed by atoms with van der Waals surface area (Å²) in [7, 11) is 3.21. The van der Waals surface area contributed by atoms with Gasteiger partial charge in [0.1, 0.15) is 47.5 Å². The summed E-state index contributed by atoms with van der Waals surface area (Å²) < 4.78 is 54.2. The first kappa shape index (κ1) is 58.8. The van der Waals surface area contributed by atoms with Crippen LogP contribution in [0.3, 0.4) is 0 Å². The first-order chi connectivity index (χ1) is 45.0. The highest BCUT2D eigenvalue weighted by atomic mass is 19.2. The number of nitrogens with zero attached hydrogens (tertiary/aromatic N) is 16. The van der Waals surface area contributed by atoms with E-state index in [1.807, 2.05) is 84.9 Å². The zero-order valence-corrected chi connectivity index (χ0v) is 49.8. The molecule has 10 aromatic heterocycles. The van der Waals surface area contributed by atoms with Crippen molar-refractivity contribution in [2.45, 2.75) is 52.5 Å². The molecule has 0 atom stereocenters. The monoisotopic (exact) mass is 1230 g/mol. The number of anilines is 2. The maximum atomic E-state index is 13.6. The van der Waals surface area contributed by atoms with E-state index in [2.05, 4.69) is 109 Å². The zero-order valence-electron chi connectivity index (χ0n) is 49.8. The van der Waals surface area contributed by atoms with E-state index in [9.17, 15) is 13.6 Å². The average Bonchev–Trinajstić information content (AvgIpc) is 2.32. The Hall–Kier alpha value is -12.2. The van der Waals surface area contributed by atoms with Crippen molar-refractivity contribution in [1.29, 1.82) is 0 Å². The van der Waals surface area contributed by atoms with Crippen LogP contribution in [0.5, 0.6) is 23.0 Å². The van der Waals surface area contributed by atoms with Crippen molar-refractivity contribution in [2.24, 2.45) is 0 Å². The highest BCUT2D eigenvalue weighted by molar-refractivity contribution is 5.89. The Morgan fingerprint density at radius 2 is 1.15 bits per heavy atom. The van der Waals surface area contributed by atoms with E-state index in [-0.39, 0.29) is 25.3 Å². The number of carbonyl (C=O) groups excluding carboxylic acids is 1. The van der Waals surface area contributed by atoms with Crippen LogP contribution in [0.25, 0.3) is 72.6 Å². The summed E-state index contributed by atoms with van der Waals surface area (Å²) in [4.78, 5) is 29.2. The minimum absolute atomic E-state index is 0.171. The van der Waals surface area contributed by atoms with Crippen LogP contribution in [0.1, 0.15) is 41.4 Å². The minimum atomic E-state index is -0.932.